The largest absolute Gasteiger partial charge is 0.396 e. The Morgan fingerprint density at radius 3 is 2.79 bits per heavy atom. The van der Waals surface area contributed by atoms with Crippen molar-refractivity contribution >= 4 is 16.7 Å². The van der Waals surface area contributed by atoms with Crippen molar-refractivity contribution in [2.75, 3.05) is 25.9 Å². The molecule has 2 N–H and O–H groups in total. The minimum absolute atomic E-state index is 0.161. The van der Waals surface area contributed by atoms with Gasteiger partial charge in [0.1, 0.15) is 17.8 Å². The monoisotopic (exact) mass is 325 g/mol. The molecule has 1 saturated heterocycles. The summed E-state index contributed by atoms with van der Waals surface area (Å²) < 4.78 is 16.1. The molecule has 6 heteroatoms. The van der Waals surface area contributed by atoms with Crippen LogP contribution in [-0.4, -0.2) is 39.6 Å². The third-order valence-corrected chi connectivity index (χ3v) is 4.89. The number of nitrogens with two attached hydrogens (primary N) is 1. The molecule has 24 heavy (non-hydrogen) atoms. The molecule has 0 bridgehead atoms. The molecule has 0 amide bonds. The van der Waals surface area contributed by atoms with Gasteiger partial charge in [0.25, 0.3) is 0 Å². The molecule has 3 heterocycles. The Morgan fingerprint density at radius 2 is 2.04 bits per heavy atom. The summed E-state index contributed by atoms with van der Waals surface area (Å²) in [5, 5.41) is 0.945. The van der Waals surface area contributed by atoms with Gasteiger partial charge in [-0.1, -0.05) is 6.07 Å². The normalized spacial score (nSPS) is 16.8. The van der Waals surface area contributed by atoms with Gasteiger partial charge in [-0.25, -0.2) is 14.4 Å². The molecule has 1 aliphatic rings. The number of piperidine rings is 1. The van der Waals surface area contributed by atoms with E-state index in [4.69, 9.17) is 5.73 Å². The Bertz CT molecular complexity index is 880. The predicted octanol–water partition coefficient (Wildman–Crippen LogP) is 3.09. The molecule has 2 aromatic heterocycles. The smallest absolute Gasteiger partial charge is 0.146 e. The molecule has 5 nitrogen and oxygen atoms in total. The fourth-order valence-corrected chi connectivity index (χ4v) is 3.46. The van der Waals surface area contributed by atoms with Crippen molar-refractivity contribution in [2.45, 2.75) is 18.9 Å². The maximum atomic E-state index is 13.9. The first-order valence-corrected chi connectivity index (χ1v) is 8.18. The summed E-state index contributed by atoms with van der Waals surface area (Å²) in [6.45, 7) is 2.14. The zero-order valence-corrected chi connectivity index (χ0v) is 13.6. The number of halogens is 1. The van der Waals surface area contributed by atoms with Crippen LogP contribution in [0, 0.1) is 5.82 Å². The zero-order chi connectivity index (χ0) is 16.7. The van der Waals surface area contributed by atoms with Gasteiger partial charge in [0.05, 0.1) is 5.69 Å². The van der Waals surface area contributed by atoms with Gasteiger partial charge in [0.15, 0.2) is 0 Å². The quantitative estimate of drug-likeness (QED) is 0.736. The lowest BCUT2D eigenvalue weighted by Crippen LogP contribution is -2.31. The summed E-state index contributed by atoms with van der Waals surface area (Å²) in [7, 11) is 2.15. The Balaban J connectivity index is 1.83. The van der Waals surface area contributed by atoms with E-state index in [9.17, 15) is 4.39 Å². The molecule has 1 aliphatic heterocycles. The van der Waals surface area contributed by atoms with Crippen LogP contribution in [0.4, 0.5) is 10.1 Å². The maximum Gasteiger partial charge on any atom is 0.146 e. The minimum Gasteiger partial charge on any atom is -0.396 e. The molecule has 0 atom stereocenters. The van der Waals surface area contributed by atoms with Crippen LogP contribution >= 0.6 is 0 Å². The number of benzene rings is 1. The summed E-state index contributed by atoms with van der Waals surface area (Å²) in [6.07, 6.45) is 7.62. The first kappa shape index (κ1) is 15.1. The van der Waals surface area contributed by atoms with E-state index in [1.807, 2.05) is 6.07 Å². The first-order chi connectivity index (χ1) is 11.6. The van der Waals surface area contributed by atoms with Crippen molar-refractivity contribution < 1.29 is 4.39 Å². The van der Waals surface area contributed by atoms with Crippen LogP contribution in [0.5, 0.6) is 0 Å². The highest BCUT2D eigenvalue weighted by Crippen LogP contribution is 2.34. The molecule has 0 spiro atoms. The van der Waals surface area contributed by atoms with Crippen molar-refractivity contribution in [2.24, 2.45) is 0 Å². The van der Waals surface area contributed by atoms with Crippen LogP contribution in [0.25, 0.3) is 22.2 Å². The van der Waals surface area contributed by atoms with Crippen LogP contribution in [-0.2, 0) is 0 Å². The zero-order valence-electron chi connectivity index (χ0n) is 13.6. The first-order valence-electron chi connectivity index (χ1n) is 8.18. The molecular weight excluding hydrogens is 305 g/mol. The summed E-state index contributed by atoms with van der Waals surface area (Å²) in [5.41, 5.74) is 8.42. The third-order valence-electron chi connectivity index (χ3n) is 4.89. The minimum atomic E-state index is -0.399. The second-order valence-corrected chi connectivity index (χ2v) is 6.48. The van der Waals surface area contributed by atoms with Crippen LogP contribution in [0.3, 0.4) is 0 Å². The van der Waals surface area contributed by atoms with Gasteiger partial charge < -0.3 is 15.2 Å². The van der Waals surface area contributed by atoms with Gasteiger partial charge in [-0.3, -0.25) is 0 Å². The lowest BCUT2D eigenvalue weighted by atomic mass is 10.1. The molecule has 0 aliphatic carbocycles. The predicted molar refractivity (Wildman–Crippen MR) is 93.1 cm³/mol. The van der Waals surface area contributed by atoms with E-state index in [0.717, 1.165) is 48.1 Å². The van der Waals surface area contributed by atoms with E-state index in [1.54, 1.807) is 18.6 Å². The maximum absolute atomic E-state index is 13.9. The molecule has 0 unspecified atom stereocenters. The lowest BCUT2D eigenvalue weighted by molar-refractivity contribution is 0.224. The van der Waals surface area contributed by atoms with Gasteiger partial charge in [-0.05, 0) is 50.7 Å². The third kappa shape index (κ3) is 2.53. The van der Waals surface area contributed by atoms with E-state index in [1.165, 1.54) is 6.07 Å². The molecule has 124 valence electrons. The van der Waals surface area contributed by atoms with Crippen molar-refractivity contribution in [3.05, 3.63) is 42.7 Å². The Hall–Kier alpha value is -2.47. The molecule has 3 aromatic rings. The topological polar surface area (TPSA) is 60.0 Å². The molecular formula is C18H20FN5. The summed E-state index contributed by atoms with van der Waals surface area (Å²) in [4.78, 5) is 11.0. The number of likely N-dealkylation sites (tertiary alicyclic amines) is 1. The Morgan fingerprint density at radius 1 is 1.25 bits per heavy atom. The van der Waals surface area contributed by atoms with Gasteiger partial charge in [0, 0.05) is 29.4 Å². The number of nitrogen functional groups attached to an aromatic ring is 1. The van der Waals surface area contributed by atoms with E-state index in [0.29, 0.717) is 6.04 Å². The van der Waals surface area contributed by atoms with Crippen LogP contribution in [0.2, 0.25) is 0 Å². The average Bonchev–Trinajstić information content (AvgIpc) is 2.98. The van der Waals surface area contributed by atoms with Gasteiger partial charge in [-0.15, -0.1) is 0 Å². The summed E-state index contributed by atoms with van der Waals surface area (Å²) in [6, 6.07) is 5.34. The van der Waals surface area contributed by atoms with Crippen molar-refractivity contribution in [3.8, 4) is 11.1 Å². The van der Waals surface area contributed by atoms with E-state index in [-0.39, 0.29) is 5.69 Å². The van der Waals surface area contributed by atoms with Gasteiger partial charge in [0.2, 0.25) is 0 Å². The highest BCUT2D eigenvalue weighted by Gasteiger charge is 2.22. The van der Waals surface area contributed by atoms with Crippen molar-refractivity contribution in [1.82, 2.24) is 19.4 Å². The summed E-state index contributed by atoms with van der Waals surface area (Å²) >= 11 is 0. The van der Waals surface area contributed by atoms with Crippen LogP contribution < -0.4 is 5.73 Å². The number of nitrogens with zero attached hydrogens (tertiary/aromatic N) is 4. The van der Waals surface area contributed by atoms with E-state index in [2.05, 4.69) is 32.7 Å². The Kier molecular flexibility index (Phi) is 3.69. The lowest BCUT2D eigenvalue weighted by Gasteiger charge is -2.30. The number of aromatic nitrogens is 3. The molecule has 4 rings (SSSR count). The number of hydrogen-bond acceptors (Lipinski definition) is 4. The van der Waals surface area contributed by atoms with Crippen molar-refractivity contribution in [3.63, 3.8) is 0 Å². The molecule has 0 radical (unpaired) electrons. The molecule has 1 aromatic carbocycles. The highest BCUT2D eigenvalue weighted by atomic mass is 19.1. The molecule has 0 saturated carbocycles. The fourth-order valence-electron chi connectivity index (χ4n) is 3.46. The van der Waals surface area contributed by atoms with E-state index < -0.39 is 5.82 Å². The second kappa shape index (κ2) is 5.87. The van der Waals surface area contributed by atoms with Crippen molar-refractivity contribution in [1.29, 1.82) is 0 Å². The van der Waals surface area contributed by atoms with Gasteiger partial charge >= 0.3 is 0 Å². The summed E-state index contributed by atoms with van der Waals surface area (Å²) in [5.74, 6) is -0.399. The van der Waals surface area contributed by atoms with E-state index >= 15 is 0 Å². The number of fused-ring (bicyclic) bond motifs is 1. The molecule has 1 fully saturated rings. The number of anilines is 1. The fraction of sp³-hybridized carbons (Fsp3) is 0.333. The van der Waals surface area contributed by atoms with Gasteiger partial charge in [-0.2, -0.15) is 0 Å². The SMILES string of the molecule is CN1CCC(n2cc(-c3ccc(N)c(F)c3)c3cncnc32)CC1. The Labute approximate surface area is 139 Å². The highest BCUT2D eigenvalue weighted by molar-refractivity contribution is 5.93. The number of rotatable bonds is 2. The standard InChI is InChI=1S/C18H20FN5/c1-23-6-4-13(5-7-23)24-10-15(14-9-21-11-22-18(14)24)12-2-3-17(20)16(19)8-12/h2-3,8-11,13H,4-7,20H2,1H3. The average molecular weight is 325 g/mol. The van der Waals surface area contributed by atoms with Crippen LogP contribution in [0.15, 0.2) is 36.9 Å². The number of hydrogen-bond donors (Lipinski definition) is 1. The second-order valence-electron chi connectivity index (χ2n) is 6.48. The van der Waals surface area contributed by atoms with Crippen LogP contribution in [0.1, 0.15) is 18.9 Å².